The van der Waals surface area contributed by atoms with Crippen LogP contribution in [0.5, 0.6) is 0 Å². The maximum Gasteiger partial charge on any atom is 0.353 e. The molecule has 0 aromatic rings. The third-order valence-corrected chi connectivity index (χ3v) is 7.61. The maximum absolute atomic E-state index is 12.4. The van der Waals surface area contributed by atoms with Crippen molar-refractivity contribution in [2.24, 2.45) is 11.8 Å². The maximum atomic E-state index is 12.4. The molecule has 4 aliphatic heterocycles. The van der Waals surface area contributed by atoms with Crippen molar-refractivity contribution >= 4 is 29.5 Å². The van der Waals surface area contributed by atoms with Gasteiger partial charge in [0.25, 0.3) is 0 Å². The van der Waals surface area contributed by atoms with Crippen molar-refractivity contribution in [1.82, 2.24) is 15.5 Å². The molecule has 0 aromatic carbocycles. The van der Waals surface area contributed by atoms with Crippen LogP contribution in [0.15, 0.2) is 22.3 Å². The monoisotopic (exact) mass is 407 g/mol. The van der Waals surface area contributed by atoms with Crippen molar-refractivity contribution in [3.05, 3.63) is 22.3 Å². The summed E-state index contributed by atoms with van der Waals surface area (Å²) in [6, 6.07) is -0.193. The molecule has 8 nitrogen and oxygen atoms in total. The fourth-order valence-corrected chi connectivity index (χ4v) is 6.24. The average molecular weight is 407 g/mol. The second-order valence-electron chi connectivity index (χ2n) is 7.96. The van der Waals surface area contributed by atoms with Gasteiger partial charge in [-0.1, -0.05) is 13.0 Å². The van der Waals surface area contributed by atoms with E-state index in [0.717, 1.165) is 18.4 Å². The minimum atomic E-state index is -1.10. The van der Waals surface area contributed by atoms with Crippen LogP contribution in [-0.2, 0) is 14.4 Å². The number of carbonyl (C=O) groups is 3. The lowest BCUT2D eigenvalue weighted by molar-refractivity contribution is -0.163. The number of rotatable bonds is 5. The highest BCUT2D eigenvalue weighted by Crippen LogP contribution is 2.51. The number of carboxylic acids is 1. The largest absolute Gasteiger partial charge is 0.477 e. The predicted octanol–water partition coefficient (Wildman–Crippen LogP) is 0.0501. The van der Waals surface area contributed by atoms with Crippen LogP contribution < -0.4 is 10.6 Å². The number of β-lactam (4-membered cyclic amide) rings is 1. The van der Waals surface area contributed by atoms with Crippen LogP contribution in [0.1, 0.15) is 26.7 Å². The highest BCUT2D eigenvalue weighted by atomic mass is 32.2. The molecule has 0 bridgehead atoms. The van der Waals surface area contributed by atoms with Gasteiger partial charge in [-0.25, -0.2) is 4.79 Å². The van der Waals surface area contributed by atoms with Gasteiger partial charge < -0.3 is 25.7 Å². The number of nitrogens with one attached hydrogen (secondary N) is 2. The lowest BCUT2D eigenvalue weighted by Gasteiger charge is -2.46. The summed E-state index contributed by atoms with van der Waals surface area (Å²) in [4.78, 5) is 38.1. The Morgan fingerprint density at radius 1 is 1.39 bits per heavy atom. The van der Waals surface area contributed by atoms with Crippen molar-refractivity contribution in [3.8, 4) is 0 Å². The molecule has 0 radical (unpaired) electrons. The minimum Gasteiger partial charge on any atom is -0.477 e. The van der Waals surface area contributed by atoms with Crippen LogP contribution >= 0.6 is 11.8 Å². The zero-order valence-corrected chi connectivity index (χ0v) is 16.7. The molecule has 0 aromatic heterocycles. The van der Waals surface area contributed by atoms with Gasteiger partial charge in [-0.05, 0) is 19.8 Å². The van der Waals surface area contributed by atoms with Crippen LogP contribution in [-0.4, -0.2) is 69.4 Å². The molecular formula is C19H25N3O5S. The Balaban J connectivity index is 1.49. The summed E-state index contributed by atoms with van der Waals surface area (Å²) in [6.07, 6.45) is 2.72. The van der Waals surface area contributed by atoms with Gasteiger partial charge >= 0.3 is 5.97 Å². The Bertz CT molecular complexity index is 792. The average Bonchev–Trinajstić information content (AvgIpc) is 3.28. The molecule has 3 saturated heterocycles. The first-order valence-electron chi connectivity index (χ1n) is 9.67. The van der Waals surface area contributed by atoms with Crippen LogP contribution in [0.25, 0.3) is 0 Å². The van der Waals surface area contributed by atoms with Crippen molar-refractivity contribution in [1.29, 1.82) is 0 Å². The smallest absolute Gasteiger partial charge is 0.353 e. The first kappa shape index (κ1) is 19.5. The molecule has 4 aliphatic rings. The SMILES string of the molecule is C[C@@H](O)[C@H]1C(=O)N2C(C(=O)O)=C(S[C@@H]3CN[C@H](/C=C4\CCNC4=O)C3)[C@H](C)[C@H]12. The Morgan fingerprint density at radius 2 is 2.14 bits per heavy atom. The van der Waals surface area contributed by atoms with Crippen LogP contribution in [0.4, 0.5) is 0 Å². The third kappa shape index (κ3) is 3.05. The molecule has 4 heterocycles. The van der Waals surface area contributed by atoms with Gasteiger partial charge in [-0.2, -0.15) is 0 Å². The van der Waals surface area contributed by atoms with Gasteiger partial charge in [0.05, 0.1) is 18.1 Å². The zero-order valence-electron chi connectivity index (χ0n) is 15.8. The van der Waals surface area contributed by atoms with E-state index in [1.165, 1.54) is 16.7 Å². The lowest BCUT2D eigenvalue weighted by Crippen LogP contribution is -2.63. The molecular weight excluding hydrogens is 382 g/mol. The van der Waals surface area contributed by atoms with Gasteiger partial charge in [-0.3, -0.25) is 9.59 Å². The number of hydrogen-bond donors (Lipinski definition) is 4. The summed E-state index contributed by atoms with van der Waals surface area (Å²) in [5.41, 5.74) is 0.874. The van der Waals surface area contributed by atoms with E-state index < -0.39 is 18.0 Å². The Morgan fingerprint density at radius 3 is 2.75 bits per heavy atom. The summed E-state index contributed by atoms with van der Waals surface area (Å²) in [6.45, 7) is 4.90. The molecule has 2 amide bonds. The fourth-order valence-electron chi connectivity index (χ4n) is 4.75. The van der Waals surface area contributed by atoms with Crippen molar-refractivity contribution in [2.45, 2.75) is 50.1 Å². The number of nitrogens with zero attached hydrogens (tertiary/aromatic N) is 1. The number of carboxylic acid groups (broad SMARTS) is 1. The van der Waals surface area contributed by atoms with Crippen molar-refractivity contribution < 1.29 is 24.6 Å². The second-order valence-corrected chi connectivity index (χ2v) is 9.30. The quantitative estimate of drug-likeness (QED) is 0.376. The number of thioether (sulfide) groups is 1. The number of aliphatic hydroxyl groups excluding tert-OH is 1. The van der Waals surface area contributed by atoms with Crippen LogP contribution in [0, 0.1) is 11.8 Å². The minimum absolute atomic E-state index is 0.00903. The first-order valence-corrected chi connectivity index (χ1v) is 10.5. The zero-order chi connectivity index (χ0) is 20.2. The molecule has 6 atom stereocenters. The van der Waals surface area contributed by atoms with Gasteiger partial charge in [-0.15, -0.1) is 11.8 Å². The van der Waals surface area contributed by atoms with Gasteiger partial charge in [0.15, 0.2) is 0 Å². The standard InChI is InChI=1S/C19H25N3O5S/c1-8-14-13(9(2)23)18(25)22(14)15(19(26)27)16(8)28-12-6-11(21-7-12)5-10-3-4-20-17(10)24/h5,8-9,11-14,21,23H,3-4,6-7H2,1-2H3,(H,20,24)(H,26,27)/b10-5+/t8-,9-,11-,12+,13-,14-/m1/s1. The summed E-state index contributed by atoms with van der Waals surface area (Å²) >= 11 is 1.52. The Kier molecular flexibility index (Phi) is 5.01. The van der Waals surface area contributed by atoms with E-state index in [1.54, 1.807) is 6.92 Å². The molecule has 152 valence electrons. The Hall–Kier alpha value is -1.84. The predicted molar refractivity (Wildman–Crippen MR) is 103 cm³/mol. The normalized spacial score (nSPS) is 37.3. The first-order chi connectivity index (χ1) is 13.3. The van der Waals surface area contributed by atoms with Gasteiger partial charge in [0.1, 0.15) is 5.70 Å². The number of carbonyl (C=O) groups excluding carboxylic acids is 2. The fraction of sp³-hybridized carbons (Fsp3) is 0.632. The van der Waals surface area contributed by atoms with E-state index in [0.29, 0.717) is 18.0 Å². The number of fused-ring (bicyclic) bond motifs is 1. The molecule has 28 heavy (non-hydrogen) atoms. The van der Waals surface area contributed by atoms with E-state index >= 15 is 0 Å². The van der Waals surface area contributed by atoms with E-state index in [4.69, 9.17) is 0 Å². The highest BCUT2D eigenvalue weighted by molar-refractivity contribution is 8.03. The topological polar surface area (TPSA) is 119 Å². The van der Waals surface area contributed by atoms with Crippen molar-refractivity contribution in [3.63, 3.8) is 0 Å². The third-order valence-electron chi connectivity index (χ3n) is 6.10. The molecule has 0 aliphatic carbocycles. The van der Waals surface area contributed by atoms with E-state index in [1.807, 2.05) is 13.0 Å². The van der Waals surface area contributed by atoms with Crippen molar-refractivity contribution in [2.75, 3.05) is 13.1 Å². The molecule has 9 heteroatoms. The van der Waals surface area contributed by atoms with E-state index in [9.17, 15) is 24.6 Å². The Labute approximate surface area is 167 Å². The lowest BCUT2D eigenvalue weighted by atomic mass is 9.79. The van der Waals surface area contributed by atoms with Gasteiger partial charge in [0.2, 0.25) is 11.8 Å². The number of aliphatic hydroxyl groups is 1. The molecule has 0 unspecified atom stereocenters. The summed E-state index contributed by atoms with van der Waals surface area (Å²) < 4.78 is 0. The number of amides is 2. The van der Waals surface area contributed by atoms with Crippen LogP contribution in [0.3, 0.4) is 0 Å². The summed E-state index contributed by atoms with van der Waals surface area (Å²) in [7, 11) is 0. The van der Waals surface area contributed by atoms with E-state index in [-0.39, 0.29) is 40.8 Å². The molecule has 0 saturated carbocycles. The molecule has 4 N–H and O–H groups in total. The van der Waals surface area contributed by atoms with Crippen LogP contribution in [0.2, 0.25) is 0 Å². The highest BCUT2D eigenvalue weighted by Gasteiger charge is 2.60. The summed E-state index contributed by atoms with van der Waals surface area (Å²) in [5.74, 6) is -2.07. The molecule has 0 spiro atoms. The molecule has 3 fully saturated rings. The van der Waals surface area contributed by atoms with E-state index in [2.05, 4.69) is 10.6 Å². The number of aliphatic carboxylic acids is 1. The van der Waals surface area contributed by atoms with Gasteiger partial charge in [0, 0.05) is 40.8 Å². The number of hydrogen-bond acceptors (Lipinski definition) is 6. The summed E-state index contributed by atoms with van der Waals surface area (Å²) in [5, 5.41) is 26.0. The molecule has 4 rings (SSSR count). The second kappa shape index (κ2) is 7.20.